The van der Waals surface area contributed by atoms with Crippen molar-refractivity contribution in [3.05, 3.63) is 47.4 Å². The third-order valence-corrected chi connectivity index (χ3v) is 2.81. The van der Waals surface area contributed by atoms with Gasteiger partial charge in [0.25, 0.3) is 0 Å². The number of hydrogen-bond donors (Lipinski definition) is 1. The lowest BCUT2D eigenvalue weighted by atomic mass is 10.0. The second-order valence-electron chi connectivity index (χ2n) is 3.99. The molecule has 1 aromatic heterocycles. The average Bonchev–Trinajstić information content (AvgIpc) is 2.98. The molecule has 0 bridgehead atoms. The Morgan fingerprint density at radius 1 is 1.29 bits per heavy atom. The van der Waals surface area contributed by atoms with Gasteiger partial charge in [0.15, 0.2) is 11.5 Å². The van der Waals surface area contributed by atoms with Crippen LogP contribution in [0.4, 0.5) is 0 Å². The Kier molecular flexibility index (Phi) is 2.30. The lowest BCUT2D eigenvalue weighted by Crippen LogP contribution is -1.98. The topological polar surface area (TPSA) is 51.8 Å². The Labute approximate surface area is 98.4 Å². The van der Waals surface area contributed by atoms with Gasteiger partial charge in [-0.2, -0.15) is 0 Å². The van der Waals surface area contributed by atoms with Crippen LogP contribution in [-0.4, -0.2) is 11.9 Å². The van der Waals surface area contributed by atoms with Gasteiger partial charge in [-0.3, -0.25) is 0 Å². The first kappa shape index (κ1) is 10.2. The van der Waals surface area contributed by atoms with Gasteiger partial charge >= 0.3 is 0 Å². The summed E-state index contributed by atoms with van der Waals surface area (Å²) in [6.07, 6.45) is 0.761. The molecule has 1 aliphatic rings. The van der Waals surface area contributed by atoms with E-state index in [1.165, 1.54) is 0 Å². The van der Waals surface area contributed by atoms with Crippen LogP contribution in [0, 0.1) is 6.92 Å². The fourth-order valence-corrected chi connectivity index (χ4v) is 1.98. The molecule has 0 spiro atoms. The molecular formula is C13H12O4. The highest BCUT2D eigenvalue weighted by atomic mass is 16.7. The first-order valence-electron chi connectivity index (χ1n) is 5.37. The quantitative estimate of drug-likeness (QED) is 0.863. The molecule has 0 saturated carbocycles. The van der Waals surface area contributed by atoms with Crippen molar-refractivity contribution in [3.63, 3.8) is 0 Å². The van der Waals surface area contributed by atoms with E-state index >= 15 is 0 Å². The summed E-state index contributed by atoms with van der Waals surface area (Å²) in [5, 5.41) is 10.1. The van der Waals surface area contributed by atoms with Crippen LogP contribution in [0.2, 0.25) is 0 Å². The zero-order chi connectivity index (χ0) is 11.8. The van der Waals surface area contributed by atoms with Crippen LogP contribution in [-0.2, 0) is 0 Å². The van der Waals surface area contributed by atoms with Crippen molar-refractivity contribution >= 4 is 0 Å². The molecule has 1 N–H and O–H groups in total. The van der Waals surface area contributed by atoms with Crippen molar-refractivity contribution in [2.75, 3.05) is 6.79 Å². The SMILES string of the molecule is Cc1cc(C(O)c2ccco2)cc2c1OCO2. The molecule has 2 heterocycles. The van der Waals surface area contributed by atoms with E-state index in [1.807, 2.05) is 13.0 Å². The summed E-state index contributed by atoms with van der Waals surface area (Å²) in [7, 11) is 0. The van der Waals surface area contributed by atoms with Gasteiger partial charge in [-0.15, -0.1) is 0 Å². The molecule has 0 saturated heterocycles. The van der Waals surface area contributed by atoms with Crippen LogP contribution in [0.3, 0.4) is 0 Å². The maximum absolute atomic E-state index is 10.1. The van der Waals surface area contributed by atoms with E-state index in [2.05, 4.69) is 0 Å². The van der Waals surface area contributed by atoms with Gasteiger partial charge in [-0.05, 0) is 42.3 Å². The smallest absolute Gasteiger partial charge is 0.231 e. The zero-order valence-electron chi connectivity index (χ0n) is 9.34. The summed E-state index contributed by atoms with van der Waals surface area (Å²) < 4.78 is 15.8. The van der Waals surface area contributed by atoms with E-state index < -0.39 is 6.10 Å². The molecule has 0 amide bonds. The van der Waals surface area contributed by atoms with Gasteiger partial charge < -0.3 is 19.0 Å². The Morgan fingerprint density at radius 2 is 2.18 bits per heavy atom. The number of furan rings is 1. The summed E-state index contributed by atoms with van der Waals surface area (Å²) in [4.78, 5) is 0. The lowest BCUT2D eigenvalue weighted by molar-refractivity contribution is 0.172. The Hall–Kier alpha value is -1.94. The lowest BCUT2D eigenvalue weighted by Gasteiger charge is -2.10. The molecule has 17 heavy (non-hydrogen) atoms. The summed E-state index contributed by atoms with van der Waals surface area (Å²) >= 11 is 0. The van der Waals surface area contributed by atoms with Gasteiger partial charge in [0.05, 0.1) is 6.26 Å². The number of rotatable bonds is 2. The molecule has 4 heteroatoms. The molecular weight excluding hydrogens is 220 g/mol. The predicted octanol–water partition coefficient (Wildman–Crippen LogP) is 2.40. The summed E-state index contributed by atoms with van der Waals surface area (Å²) in [5.74, 6) is 1.94. The van der Waals surface area contributed by atoms with Crippen molar-refractivity contribution in [3.8, 4) is 11.5 Å². The molecule has 2 aromatic rings. The first-order chi connectivity index (χ1) is 8.25. The minimum atomic E-state index is -0.779. The Balaban J connectivity index is 2.02. The molecule has 3 rings (SSSR count). The van der Waals surface area contributed by atoms with Crippen LogP contribution in [0.15, 0.2) is 34.9 Å². The largest absolute Gasteiger partial charge is 0.466 e. The average molecular weight is 232 g/mol. The highest BCUT2D eigenvalue weighted by Gasteiger charge is 2.21. The van der Waals surface area contributed by atoms with E-state index in [0.29, 0.717) is 11.5 Å². The number of aliphatic hydroxyl groups excluding tert-OH is 1. The minimum absolute atomic E-state index is 0.233. The Morgan fingerprint density at radius 3 is 2.94 bits per heavy atom. The summed E-state index contributed by atoms with van der Waals surface area (Å²) in [6.45, 7) is 2.16. The number of aliphatic hydroxyl groups is 1. The third kappa shape index (κ3) is 1.66. The molecule has 0 aliphatic carbocycles. The van der Waals surface area contributed by atoms with E-state index in [9.17, 15) is 5.11 Å². The molecule has 1 aromatic carbocycles. The van der Waals surface area contributed by atoms with Gasteiger partial charge in [0, 0.05) is 0 Å². The normalized spacial score (nSPS) is 14.9. The van der Waals surface area contributed by atoms with Gasteiger partial charge in [-0.1, -0.05) is 0 Å². The molecule has 88 valence electrons. The second-order valence-corrected chi connectivity index (χ2v) is 3.99. The van der Waals surface area contributed by atoms with Crippen molar-refractivity contribution in [1.29, 1.82) is 0 Å². The number of ether oxygens (including phenoxy) is 2. The maximum atomic E-state index is 10.1. The number of fused-ring (bicyclic) bond motifs is 1. The van der Waals surface area contributed by atoms with E-state index in [-0.39, 0.29) is 6.79 Å². The second kappa shape index (κ2) is 3.82. The Bertz CT molecular complexity index is 531. The molecule has 0 radical (unpaired) electrons. The fourth-order valence-electron chi connectivity index (χ4n) is 1.98. The van der Waals surface area contributed by atoms with Crippen LogP contribution in [0.5, 0.6) is 11.5 Å². The van der Waals surface area contributed by atoms with Crippen molar-refractivity contribution < 1.29 is 19.0 Å². The minimum Gasteiger partial charge on any atom is -0.466 e. The van der Waals surface area contributed by atoms with Crippen molar-refractivity contribution in [2.24, 2.45) is 0 Å². The van der Waals surface area contributed by atoms with Gasteiger partial charge in [0.2, 0.25) is 6.79 Å². The molecule has 4 nitrogen and oxygen atoms in total. The molecule has 1 aliphatic heterocycles. The van der Waals surface area contributed by atoms with Crippen molar-refractivity contribution in [2.45, 2.75) is 13.0 Å². The highest BCUT2D eigenvalue weighted by molar-refractivity contribution is 5.51. The van der Waals surface area contributed by atoms with Crippen LogP contribution in [0.1, 0.15) is 23.0 Å². The zero-order valence-corrected chi connectivity index (χ0v) is 9.34. The first-order valence-corrected chi connectivity index (χ1v) is 5.37. The summed E-state index contributed by atoms with van der Waals surface area (Å²) in [6, 6.07) is 7.15. The third-order valence-electron chi connectivity index (χ3n) is 2.81. The molecule has 1 atom stereocenters. The van der Waals surface area contributed by atoms with E-state index in [4.69, 9.17) is 13.9 Å². The standard InChI is InChI=1S/C13H12O4/c1-8-5-9(6-11-13(8)17-7-16-11)12(14)10-3-2-4-15-10/h2-6,12,14H,7H2,1H3. The van der Waals surface area contributed by atoms with Crippen LogP contribution < -0.4 is 9.47 Å². The maximum Gasteiger partial charge on any atom is 0.231 e. The van der Waals surface area contributed by atoms with Gasteiger partial charge in [-0.25, -0.2) is 0 Å². The molecule has 1 unspecified atom stereocenters. The monoisotopic (exact) mass is 232 g/mol. The number of hydrogen-bond acceptors (Lipinski definition) is 4. The van der Waals surface area contributed by atoms with E-state index in [1.54, 1.807) is 24.5 Å². The van der Waals surface area contributed by atoms with Crippen LogP contribution in [0.25, 0.3) is 0 Å². The highest BCUT2D eigenvalue weighted by Crippen LogP contribution is 2.38. The molecule has 0 fully saturated rings. The van der Waals surface area contributed by atoms with Crippen LogP contribution >= 0.6 is 0 Å². The van der Waals surface area contributed by atoms with Gasteiger partial charge in [0.1, 0.15) is 11.9 Å². The van der Waals surface area contributed by atoms with E-state index in [0.717, 1.165) is 16.9 Å². The summed E-state index contributed by atoms with van der Waals surface area (Å²) in [5.41, 5.74) is 1.68. The fraction of sp³-hybridized carbons (Fsp3) is 0.231. The predicted molar refractivity (Wildman–Crippen MR) is 60.1 cm³/mol. The number of benzene rings is 1. The van der Waals surface area contributed by atoms with Crippen molar-refractivity contribution in [1.82, 2.24) is 0 Å². The number of aryl methyl sites for hydroxylation is 1.